The van der Waals surface area contributed by atoms with E-state index in [4.69, 9.17) is 4.52 Å². The second kappa shape index (κ2) is 5.40. The number of carbonyl (C=O) groups excluding carboxylic acids is 1. The summed E-state index contributed by atoms with van der Waals surface area (Å²) in [7, 11) is 0. The zero-order chi connectivity index (χ0) is 15.7. The zero-order valence-corrected chi connectivity index (χ0v) is 13.0. The fourth-order valence-electron chi connectivity index (χ4n) is 2.99. The molecule has 0 radical (unpaired) electrons. The number of pyridine rings is 1. The van der Waals surface area contributed by atoms with E-state index in [1.54, 1.807) is 13.1 Å². The van der Waals surface area contributed by atoms with Gasteiger partial charge in [0.1, 0.15) is 5.54 Å². The van der Waals surface area contributed by atoms with Gasteiger partial charge >= 0.3 is 0 Å². The summed E-state index contributed by atoms with van der Waals surface area (Å²) in [5, 5.41) is 6.87. The highest BCUT2D eigenvalue weighted by atomic mass is 16.5. The van der Waals surface area contributed by atoms with Gasteiger partial charge in [0.15, 0.2) is 5.82 Å². The first-order chi connectivity index (χ1) is 10.5. The van der Waals surface area contributed by atoms with Gasteiger partial charge in [0.25, 0.3) is 5.89 Å². The molecule has 0 aromatic carbocycles. The minimum atomic E-state index is -0.636. The average molecular weight is 301 g/mol. The van der Waals surface area contributed by atoms with Crippen LogP contribution in [0.15, 0.2) is 23.0 Å². The number of aromatic nitrogens is 3. The van der Waals surface area contributed by atoms with Gasteiger partial charge in [0, 0.05) is 31.5 Å². The lowest BCUT2D eigenvalue weighted by Gasteiger charge is -2.27. The van der Waals surface area contributed by atoms with Crippen LogP contribution >= 0.6 is 0 Å². The largest absolute Gasteiger partial charge is 0.368 e. The number of anilines is 1. The van der Waals surface area contributed by atoms with Crippen LogP contribution in [-0.4, -0.2) is 34.1 Å². The van der Waals surface area contributed by atoms with Crippen molar-refractivity contribution in [3.05, 3.63) is 35.7 Å². The molecule has 1 fully saturated rings. The molecule has 22 heavy (non-hydrogen) atoms. The van der Waals surface area contributed by atoms with Gasteiger partial charge in [-0.2, -0.15) is 4.98 Å². The molecule has 0 aliphatic carbocycles. The molecular formula is C15H19N5O2. The standard InChI is InChI=1S/C15H19N5O2/c1-10-8-16-6-4-13(10)20-7-5-15(9-20,18-12(3)21)14-17-11(2)19-22-14/h4,6,8H,5,7,9H2,1-3H3,(H,18,21). The van der Waals surface area contributed by atoms with Crippen molar-refractivity contribution >= 4 is 11.6 Å². The van der Waals surface area contributed by atoms with Crippen molar-refractivity contribution in [3.63, 3.8) is 0 Å². The number of aryl methyl sites for hydroxylation is 2. The van der Waals surface area contributed by atoms with Crippen molar-refractivity contribution in [2.45, 2.75) is 32.7 Å². The predicted octanol–water partition coefficient (Wildman–Crippen LogP) is 1.32. The fourth-order valence-corrected chi connectivity index (χ4v) is 2.99. The Bertz CT molecular complexity index is 699. The van der Waals surface area contributed by atoms with Crippen molar-refractivity contribution in [3.8, 4) is 0 Å². The highest BCUT2D eigenvalue weighted by molar-refractivity contribution is 5.74. The van der Waals surface area contributed by atoms with Crippen LogP contribution in [0.25, 0.3) is 0 Å². The molecule has 1 saturated heterocycles. The molecule has 0 spiro atoms. The van der Waals surface area contributed by atoms with Gasteiger partial charge in [0.05, 0.1) is 6.54 Å². The minimum Gasteiger partial charge on any atom is -0.368 e. The molecule has 7 heteroatoms. The Morgan fingerprint density at radius 1 is 1.45 bits per heavy atom. The molecule has 1 atom stereocenters. The highest BCUT2D eigenvalue weighted by Crippen LogP contribution is 2.34. The van der Waals surface area contributed by atoms with Gasteiger partial charge in [0.2, 0.25) is 5.91 Å². The topological polar surface area (TPSA) is 84.2 Å². The summed E-state index contributed by atoms with van der Waals surface area (Å²) in [5.74, 6) is 0.928. The number of rotatable bonds is 3. The summed E-state index contributed by atoms with van der Waals surface area (Å²) in [6, 6.07) is 1.98. The Balaban J connectivity index is 1.93. The summed E-state index contributed by atoms with van der Waals surface area (Å²) >= 11 is 0. The Morgan fingerprint density at radius 3 is 2.91 bits per heavy atom. The second-order valence-electron chi connectivity index (χ2n) is 5.74. The normalized spacial score (nSPS) is 21.1. The summed E-state index contributed by atoms with van der Waals surface area (Å²) in [5.41, 5.74) is 1.57. The van der Waals surface area contributed by atoms with Gasteiger partial charge in [-0.3, -0.25) is 9.78 Å². The van der Waals surface area contributed by atoms with Crippen LogP contribution in [0.1, 0.15) is 30.6 Å². The summed E-state index contributed by atoms with van der Waals surface area (Å²) in [6.07, 6.45) is 4.33. The molecule has 1 aliphatic heterocycles. The smallest absolute Gasteiger partial charge is 0.254 e. The molecule has 7 nitrogen and oxygen atoms in total. The molecule has 3 heterocycles. The van der Waals surface area contributed by atoms with Crippen LogP contribution in [0.4, 0.5) is 5.69 Å². The molecule has 0 saturated carbocycles. The molecule has 0 bridgehead atoms. The third kappa shape index (κ3) is 2.54. The monoisotopic (exact) mass is 301 g/mol. The van der Waals surface area contributed by atoms with Crippen molar-refractivity contribution in [2.24, 2.45) is 0 Å². The quantitative estimate of drug-likeness (QED) is 0.920. The Hall–Kier alpha value is -2.44. The first kappa shape index (κ1) is 14.5. The van der Waals surface area contributed by atoms with E-state index in [0.29, 0.717) is 18.3 Å². The summed E-state index contributed by atoms with van der Waals surface area (Å²) in [6.45, 7) is 6.70. The molecule has 1 unspecified atom stereocenters. The van der Waals surface area contributed by atoms with Crippen molar-refractivity contribution in [2.75, 3.05) is 18.0 Å². The SMILES string of the molecule is CC(=O)NC1(c2nc(C)no2)CCN(c2ccncc2C)C1. The van der Waals surface area contributed by atoms with Gasteiger partial charge < -0.3 is 14.7 Å². The fraction of sp³-hybridized carbons (Fsp3) is 0.467. The van der Waals surface area contributed by atoms with Crippen LogP contribution in [-0.2, 0) is 10.3 Å². The minimum absolute atomic E-state index is 0.107. The van der Waals surface area contributed by atoms with E-state index >= 15 is 0 Å². The van der Waals surface area contributed by atoms with Crippen molar-refractivity contribution < 1.29 is 9.32 Å². The highest BCUT2D eigenvalue weighted by Gasteiger charge is 2.45. The molecule has 116 valence electrons. The van der Waals surface area contributed by atoms with E-state index in [0.717, 1.165) is 24.2 Å². The van der Waals surface area contributed by atoms with Crippen LogP contribution in [0.2, 0.25) is 0 Å². The molecule has 1 N–H and O–H groups in total. The maximum Gasteiger partial charge on any atom is 0.254 e. The Labute approximate surface area is 128 Å². The maximum atomic E-state index is 11.7. The first-order valence-electron chi connectivity index (χ1n) is 7.25. The molecule has 2 aromatic rings. The Kier molecular flexibility index (Phi) is 3.56. The average Bonchev–Trinajstić information content (AvgIpc) is 3.06. The van der Waals surface area contributed by atoms with E-state index in [1.165, 1.54) is 6.92 Å². The van der Waals surface area contributed by atoms with Crippen LogP contribution in [0.5, 0.6) is 0 Å². The van der Waals surface area contributed by atoms with Crippen LogP contribution in [0.3, 0.4) is 0 Å². The number of hydrogen-bond donors (Lipinski definition) is 1. The predicted molar refractivity (Wildman–Crippen MR) is 80.3 cm³/mol. The molecule has 1 amide bonds. The number of amides is 1. The zero-order valence-electron chi connectivity index (χ0n) is 13.0. The van der Waals surface area contributed by atoms with Crippen LogP contribution < -0.4 is 10.2 Å². The second-order valence-corrected chi connectivity index (χ2v) is 5.74. The van der Waals surface area contributed by atoms with E-state index in [9.17, 15) is 4.79 Å². The summed E-state index contributed by atoms with van der Waals surface area (Å²) in [4.78, 5) is 22.3. The molecule has 1 aliphatic rings. The lowest BCUT2D eigenvalue weighted by atomic mass is 9.98. The molecule has 3 rings (SSSR count). The lowest BCUT2D eigenvalue weighted by Crippen LogP contribution is -2.47. The van der Waals surface area contributed by atoms with Gasteiger partial charge in [-0.15, -0.1) is 0 Å². The third-order valence-corrected chi connectivity index (χ3v) is 3.95. The number of carbonyl (C=O) groups is 1. The first-order valence-corrected chi connectivity index (χ1v) is 7.25. The van der Waals surface area contributed by atoms with E-state index in [-0.39, 0.29) is 5.91 Å². The summed E-state index contributed by atoms with van der Waals surface area (Å²) < 4.78 is 5.35. The Morgan fingerprint density at radius 2 is 2.27 bits per heavy atom. The molecular weight excluding hydrogens is 282 g/mol. The van der Waals surface area contributed by atoms with Crippen molar-refractivity contribution in [1.82, 2.24) is 20.4 Å². The van der Waals surface area contributed by atoms with E-state index < -0.39 is 5.54 Å². The van der Waals surface area contributed by atoms with Gasteiger partial charge in [-0.05, 0) is 31.9 Å². The number of nitrogens with zero attached hydrogens (tertiary/aromatic N) is 4. The number of hydrogen-bond acceptors (Lipinski definition) is 6. The third-order valence-electron chi connectivity index (χ3n) is 3.95. The van der Waals surface area contributed by atoms with Gasteiger partial charge in [-0.25, -0.2) is 0 Å². The van der Waals surface area contributed by atoms with Crippen LogP contribution in [0, 0.1) is 13.8 Å². The van der Waals surface area contributed by atoms with E-state index in [2.05, 4.69) is 25.3 Å². The molecule has 2 aromatic heterocycles. The maximum absolute atomic E-state index is 11.7. The van der Waals surface area contributed by atoms with Crippen molar-refractivity contribution in [1.29, 1.82) is 0 Å². The lowest BCUT2D eigenvalue weighted by molar-refractivity contribution is -0.121. The van der Waals surface area contributed by atoms with Gasteiger partial charge in [-0.1, -0.05) is 5.16 Å². The van der Waals surface area contributed by atoms with E-state index in [1.807, 2.05) is 19.2 Å². The number of nitrogens with one attached hydrogen (secondary N) is 1.